The van der Waals surface area contributed by atoms with Crippen molar-refractivity contribution in [2.45, 2.75) is 6.92 Å². The molecule has 22 heavy (non-hydrogen) atoms. The summed E-state index contributed by atoms with van der Waals surface area (Å²) in [5, 5.41) is 9.03. The summed E-state index contributed by atoms with van der Waals surface area (Å²) >= 11 is 0. The number of carboxylic acid groups (broad SMARTS) is 1. The second-order valence-electron chi connectivity index (χ2n) is 4.86. The molecule has 0 fully saturated rings. The van der Waals surface area contributed by atoms with Crippen molar-refractivity contribution in [3.63, 3.8) is 0 Å². The van der Waals surface area contributed by atoms with E-state index in [0.29, 0.717) is 5.56 Å². The molecule has 0 bridgehead atoms. The summed E-state index contributed by atoms with van der Waals surface area (Å²) < 4.78 is 10.5. The lowest BCUT2D eigenvalue weighted by Crippen LogP contribution is -1.99. The summed E-state index contributed by atoms with van der Waals surface area (Å²) in [6, 6.07) is 10.9. The van der Waals surface area contributed by atoms with Crippen LogP contribution in [-0.4, -0.2) is 25.3 Å². The Balaban J connectivity index is 2.28. The number of aryl methyl sites for hydroxylation is 1. The van der Waals surface area contributed by atoms with E-state index >= 15 is 0 Å². The Bertz CT molecular complexity index is 695. The van der Waals surface area contributed by atoms with Crippen molar-refractivity contribution in [1.82, 2.24) is 0 Å². The second-order valence-corrected chi connectivity index (χ2v) is 4.86. The van der Waals surface area contributed by atoms with E-state index in [9.17, 15) is 4.79 Å². The second kappa shape index (κ2) is 6.80. The summed E-state index contributed by atoms with van der Waals surface area (Å²) in [4.78, 5) is 11.0. The van der Waals surface area contributed by atoms with E-state index in [-0.39, 0.29) is 0 Å². The van der Waals surface area contributed by atoms with Crippen LogP contribution in [0.4, 0.5) is 0 Å². The highest BCUT2D eigenvalue weighted by Gasteiger charge is 2.06. The quantitative estimate of drug-likeness (QED) is 0.851. The molecule has 0 aromatic heterocycles. The molecule has 0 amide bonds. The van der Waals surface area contributed by atoms with E-state index < -0.39 is 5.97 Å². The van der Waals surface area contributed by atoms with E-state index in [2.05, 4.69) is 0 Å². The summed E-state index contributed by atoms with van der Waals surface area (Å²) in [6.45, 7) is 1.79. The van der Waals surface area contributed by atoms with E-state index in [4.69, 9.17) is 14.6 Å². The fourth-order valence-electron chi connectivity index (χ4n) is 2.15. The molecule has 0 spiro atoms. The van der Waals surface area contributed by atoms with Gasteiger partial charge in [0, 0.05) is 6.07 Å². The number of methoxy groups -OCH3 is 2. The first-order valence-electron chi connectivity index (χ1n) is 6.78. The monoisotopic (exact) mass is 298 g/mol. The zero-order valence-electron chi connectivity index (χ0n) is 12.8. The lowest BCUT2D eigenvalue weighted by Gasteiger charge is -2.06. The number of carbonyl (C=O) groups is 1. The molecule has 0 saturated carbocycles. The van der Waals surface area contributed by atoms with Gasteiger partial charge in [0.1, 0.15) is 11.5 Å². The summed E-state index contributed by atoms with van der Waals surface area (Å²) in [6.07, 6.45) is 3.85. The first kappa shape index (κ1) is 15.6. The van der Waals surface area contributed by atoms with Crippen molar-refractivity contribution in [2.75, 3.05) is 14.2 Å². The molecule has 0 atom stereocenters. The maximum atomic E-state index is 11.0. The predicted molar refractivity (Wildman–Crippen MR) is 86.6 cm³/mol. The zero-order chi connectivity index (χ0) is 16.1. The maximum Gasteiger partial charge on any atom is 0.335 e. The van der Waals surface area contributed by atoms with Crippen LogP contribution in [0.5, 0.6) is 11.5 Å². The van der Waals surface area contributed by atoms with Crippen molar-refractivity contribution in [1.29, 1.82) is 0 Å². The Morgan fingerprint density at radius 3 is 2.05 bits per heavy atom. The van der Waals surface area contributed by atoms with Crippen LogP contribution < -0.4 is 9.47 Å². The maximum absolute atomic E-state index is 11.0. The highest BCUT2D eigenvalue weighted by Crippen LogP contribution is 2.24. The van der Waals surface area contributed by atoms with E-state index in [1.807, 2.05) is 36.4 Å². The number of aromatic carboxylic acids is 1. The number of ether oxygens (including phenoxy) is 2. The average Bonchev–Trinajstić information content (AvgIpc) is 2.52. The molecule has 0 saturated heterocycles. The lowest BCUT2D eigenvalue weighted by molar-refractivity contribution is 0.0696. The molecule has 2 aromatic rings. The average molecular weight is 298 g/mol. The SMILES string of the molecule is COc1cc(/C=C/c2ccc(C(=O)O)c(C)c2)cc(OC)c1. The van der Waals surface area contributed by atoms with Gasteiger partial charge in [0.25, 0.3) is 0 Å². The number of hydrogen-bond donors (Lipinski definition) is 1. The first-order chi connectivity index (χ1) is 10.5. The lowest BCUT2D eigenvalue weighted by atomic mass is 10.0. The minimum atomic E-state index is -0.912. The molecular weight excluding hydrogens is 280 g/mol. The number of benzene rings is 2. The van der Waals surface area contributed by atoms with Gasteiger partial charge in [-0.15, -0.1) is 0 Å². The van der Waals surface area contributed by atoms with Crippen molar-refractivity contribution in [3.8, 4) is 11.5 Å². The summed E-state index contributed by atoms with van der Waals surface area (Å²) in [5.41, 5.74) is 2.93. The third kappa shape index (κ3) is 3.67. The molecule has 1 N–H and O–H groups in total. The molecule has 0 heterocycles. The molecule has 114 valence electrons. The van der Waals surface area contributed by atoms with Gasteiger partial charge in [-0.3, -0.25) is 0 Å². The van der Waals surface area contributed by atoms with Gasteiger partial charge in [0.15, 0.2) is 0 Å². The van der Waals surface area contributed by atoms with Crippen molar-refractivity contribution < 1.29 is 19.4 Å². The smallest absolute Gasteiger partial charge is 0.335 e. The van der Waals surface area contributed by atoms with Gasteiger partial charge < -0.3 is 14.6 Å². The first-order valence-corrected chi connectivity index (χ1v) is 6.78. The van der Waals surface area contributed by atoms with Gasteiger partial charge in [0.2, 0.25) is 0 Å². The Morgan fingerprint density at radius 1 is 0.955 bits per heavy atom. The molecular formula is C18H18O4. The van der Waals surface area contributed by atoms with Gasteiger partial charge >= 0.3 is 5.97 Å². The topological polar surface area (TPSA) is 55.8 Å². The van der Waals surface area contributed by atoms with Crippen LogP contribution >= 0.6 is 0 Å². The van der Waals surface area contributed by atoms with Crippen molar-refractivity contribution in [3.05, 3.63) is 58.7 Å². The van der Waals surface area contributed by atoms with Gasteiger partial charge in [-0.25, -0.2) is 4.79 Å². The van der Waals surface area contributed by atoms with E-state index in [0.717, 1.165) is 28.2 Å². The van der Waals surface area contributed by atoms with Crippen LogP contribution in [0.1, 0.15) is 27.0 Å². The predicted octanol–water partition coefficient (Wildman–Crippen LogP) is 3.88. The van der Waals surface area contributed by atoms with Crippen molar-refractivity contribution in [2.24, 2.45) is 0 Å². The molecule has 2 aromatic carbocycles. The van der Waals surface area contributed by atoms with Crippen LogP contribution in [0.15, 0.2) is 36.4 Å². The summed E-state index contributed by atoms with van der Waals surface area (Å²) in [7, 11) is 3.21. The highest BCUT2D eigenvalue weighted by atomic mass is 16.5. The van der Waals surface area contributed by atoms with Crippen LogP contribution in [0.2, 0.25) is 0 Å². The number of rotatable bonds is 5. The van der Waals surface area contributed by atoms with E-state index in [1.54, 1.807) is 33.3 Å². The molecule has 0 aliphatic rings. The molecule has 0 aliphatic carbocycles. The van der Waals surface area contributed by atoms with Crippen LogP contribution in [0.25, 0.3) is 12.2 Å². The Hall–Kier alpha value is -2.75. The normalized spacial score (nSPS) is 10.7. The highest BCUT2D eigenvalue weighted by molar-refractivity contribution is 5.89. The minimum absolute atomic E-state index is 0.320. The molecule has 2 rings (SSSR count). The third-order valence-corrected chi connectivity index (χ3v) is 3.32. The Labute approximate surface area is 129 Å². The molecule has 0 aliphatic heterocycles. The minimum Gasteiger partial charge on any atom is -0.497 e. The standard InChI is InChI=1S/C18H18O4/c1-12-8-13(6-7-17(12)18(19)20)4-5-14-9-15(21-2)11-16(10-14)22-3/h4-11H,1-3H3,(H,19,20)/b5-4+. The number of carboxylic acids is 1. The molecule has 4 heteroatoms. The zero-order valence-corrected chi connectivity index (χ0v) is 12.8. The fourth-order valence-corrected chi connectivity index (χ4v) is 2.15. The Kier molecular flexibility index (Phi) is 4.84. The van der Waals surface area contributed by atoms with Gasteiger partial charge in [-0.1, -0.05) is 24.3 Å². The van der Waals surface area contributed by atoms with Crippen LogP contribution in [0.3, 0.4) is 0 Å². The third-order valence-electron chi connectivity index (χ3n) is 3.32. The van der Waals surface area contributed by atoms with Gasteiger partial charge in [-0.05, 0) is 41.8 Å². The fraction of sp³-hybridized carbons (Fsp3) is 0.167. The van der Waals surface area contributed by atoms with Crippen LogP contribution in [-0.2, 0) is 0 Å². The van der Waals surface area contributed by atoms with Crippen LogP contribution in [0, 0.1) is 6.92 Å². The summed E-state index contributed by atoms with van der Waals surface area (Å²) in [5.74, 6) is 0.526. The van der Waals surface area contributed by atoms with Gasteiger partial charge in [-0.2, -0.15) is 0 Å². The largest absolute Gasteiger partial charge is 0.497 e. The molecule has 0 unspecified atom stereocenters. The molecule has 0 radical (unpaired) electrons. The Morgan fingerprint density at radius 2 is 1.55 bits per heavy atom. The van der Waals surface area contributed by atoms with Gasteiger partial charge in [0.05, 0.1) is 19.8 Å². The van der Waals surface area contributed by atoms with E-state index in [1.165, 1.54) is 0 Å². The molecule has 4 nitrogen and oxygen atoms in total. The number of hydrogen-bond acceptors (Lipinski definition) is 3. The van der Waals surface area contributed by atoms with Crippen molar-refractivity contribution >= 4 is 18.1 Å².